The highest BCUT2D eigenvalue weighted by molar-refractivity contribution is 5.85. The van der Waals surface area contributed by atoms with Crippen molar-refractivity contribution in [3.05, 3.63) is 102 Å². The lowest BCUT2D eigenvalue weighted by atomic mass is 10.1. The molecular formula is C27H26N2O3. The van der Waals surface area contributed by atoms with Crippen LogP contribution in [0, 0.1) is 0 Å². The maximum atomic E-state index is 6.09. The molecule has 0 spiro atoms. The molecule has 4 rings (SSSR count). The van der Waals surface area contributed by atoms with Gasteiger partial charge in [0.25, 0.3) is 0 Å². The smallest absolute Gasteiger partial charge is 0.161 e. The lowest BCUT2D eigenvalue weighted by molar-refractivity contribution is 0.285. The van der Waals surface area contributed by atoms with Crippen molar-refractivity contribution in [2.24, 2.45) is 5.10 Å². The van der Waals surface area contributed by atoms with E-state index in [4.69, 9.17) is 14.2 Å². The van der Waals surface area contributed by atoms with E-state index >= 15 is 0 Å². The highest BCUT2D eigenvalue weighted by Gasteiger charge is 2.07. The number of nitrogens with one attached hydrogen (secondary N) is 1. The Hall–Kier alpha value is -3.99. The zero-order valence-corrected chi connectivity index (χ0v) is 18.2. The van der Waals surface area contributed by atoms with Gasteiger partial charge in [0.05, 0.1) is 27.0 Å². The quantitative estimate of drug-likeness (QED) is 0.281. The lowest BCUT2D eigenvalue weighted by Crippen LogP contribution is -2.07. The molecule has 0 aliphatic carbocycles. The summed E-state index contributed by atoms with van der Waals surface area (Å²) in [5, 5.41) is 6.71. The van der Waals surface area contributed by atoms with Gasteiger partial charge in [0.1, 0.15) is 12.4 Å². The topological polar surface area (TPSA) is 52.1 Å². The molecule has 32 heavy (non-hydrogen) atoms. The van der Waals surface area contributed by atoms with Crippen LogP contribution in [0.3, 0.4) is 0 Å². The number of para-hydroxylation sites is 1. The van der Waals surface area contributed by atoms with E-state index in [9.17, 15) is 0 Å². The van der Waals surface area contributed by atoms with Crippen LogP contribution in [0.1, 0.15) is 16.7 Å². The summed E-state index contributed by atoms with van der Waals surface area (Å²) in [5.41, 5.74) is 6.15. The molecule has 4 aromatic rings. The summed E-state index contributed by atoms with van der Waals surface area (Å²) < 4.78 is 17.0. The largest absolute Gasteiger partial charge is 0.496 e. The molecule has 1 N–H and O–H groups in total. The number of benzene rings is 4. The van der Waals surface area contributed by atoms with Gasteiger partial charge in [-0.25, -0.2) is 0 Å². The monoisotopic (exact) mass is 426 g/mol. The summed E-state index contributed by atoms with van der Waals surface area (Å²) in [5.74, 6) is 2.20. The molecule has 0 saturated carbocycles. The van der Waals surface area contributed by atoms with Crippen molar-refractivity contribution >= 4 is 17.0 Å². The zero-order valence-electron chi connectivity index (χ0n) is 18.2. The average molecular weight is 427 g/mol. The Morgan fingerprint density at radius 2 is 1.50 bits per heavy atom. The van der Waals surface area contributed by atoms with Crippen LogP contribution in [0.2, 0.25) is 0 Å². The fourth-order valence-corrected chi connectivity index (χ4v) is 3.56. The minimum atomic E-state index is 0.464. The molecule has 5 nitrogen and oxygen atoms in total. The van der Waals surface area contributed by atoms with Gasteiger partial charge in [-0.05, 0) is 46.2 Å². The number of nitrogens with zero attached hydrogens (tertiary/aromatic N) is 1. The fourth-order valence-electron chi connectivity index (χ4n) is 3.56. The van der Waals surface area contributed by atoms with Crippen molar-refractivity contribution in [3.63, 3.8) is 0 Å². The maximum absolute atomic E-state index is 6.09. The van der Waals surface area contributed by atoms with E-state index in [0.29, 0.717) is 24.7 Å². The molecule has 0 aromatic heterocycles. The molecule has 0 saturated heterocycles. The summed E-state index contributed by atoms with van der Waals surface area (Å²) in [6.45, 7) is 1.04. The van der Waals surface area contributed by atoms with Gasteiger partial charge >= 0.3 is 0 Å². The highest BCUT2D eigenvalue weighted by Crippen LogP contribution is 2.29. The summed E-state index contributed by atoms with van der Waals surface area (Å²) in [4.78, 5) is 0. The van der Waals surface area contributed by atoms with Gasteiger partial charge in [-0.2, -0.15) is 5.10 Å². The second-order valence-electron chi connectivity index (χ2n) is 7.24. The molecule has 0 atom stereocenters. The molecule has 162 valence electrons. The van der Waals surface area contributed by atoms with Gasteiger partial charge in [-0.15, -0.1) is 0 Å². The van der Waals surface area contributed by atoms with Crippen molar-refractivity contribution in [2.75, 3.05) is 14.2 Å². The predicted octanol–water partition coefficient (Wildman–Crippen LogP) is 5.56. The summed E-state index contributed by atoms with van der Waals surface area (Å²) in [7, 11) is 3.30. The number of fused-ring (bicyclic) bond motifs is 1. The predicted molar refractivity (Wildman–Crippen MR) is 129 cm³/mol. The standard InChI is InChI=1S/C27H26N2O3/c1-30-25-13-6-4-9-22(25)18-29-28-17-20-14-15-26(27(16-20)31-2)32-19-23-11-7-10-21-8-3-5-12-24(21)23/h3-17,29H,18-19H2,1-2H3/b28-17+. The van der Waals surface area contributed by atoms with E-state index < -0.39 is 0 Å². The molecule has 0 unspecified atom stereocenters. The van der Waals surface area contributed by atoms with Gasteiger partial charge in [0.15, 0.2) is 11.5 Å². The van der Waals surface area contributed by atoms with Crippen LogP contribution < -0.4 is 19.6 Å². The van der Waals surface area contributed by atoms with Gasteiger partial charge < -0.3 is 19.6 Å². The Kier molecular flexibility index (Phi) is 6.88. The van der Waals surface area contributed by atoms with E-state index in [1.165, 1.54) is 10.8 Å². The van der Waals surface area contributed by atoms with Crippen LogP contribution in [0.5, 0.6) is 17.2 Å². The van der Waals surface area contributed by atoms with Crippen LogP contribution in [0.25, 0.3) is 10.8 Å². The zero-order chi connectivity index (χ0) is 22.2. The second-order valence-corrected chi connectivity index (χ2v) is 7.24. The van der Waals surface area contributed by atoms with E-state index in [1.54, 1.807) is 20.4 Å². The Bertz CT molecular complexity index is 1220. The normalized spacial score (nSPS) is 10.9. The Morgan fingerprint density at radius 1 is 0.750 bits per heavy atom. The minimum Gasteiger partial charge on any atom is -0.496 e. The van der Waals surface area contributed by atoms with Crippen LogP contribution in [0.15, 0.2) is 90.0 Å². The number of hydrogen-bond donors (Lipinski definition) is 1. The van der Waals surface area contributed by atoms with Crippen molar-refractivity contribution in [1.82, 2.24) is 5.43 Å². The Morgan fingerprint density at radius 3 is 2.38 bits per heavy atom. The minimum absolute atomic E-state index is 0.464. The van der Waals surface area contributed by atoms with Gasteiger partial charge in [-0.3, -0.25) is 0 Å². The van der Waals surface area contributed by atoms with Crippen molar-refractivity contribution in [2.45, 2.75) is 13.2 Å². The van der Waals surface area contributed by atoms with Crippen molar-refractivity contribution < 1.29 is 14.2 Å². The van der Waals surface area contributed by atoms with E-state index in [-0.39, 0.29) is 0 Å². The van der Waals surface area contributed by atoms with Crippen LogP contribution in [0.4, 0.5) is 0 Å². The fraction of sp³-hybridized carbons (Fsp3) is 0.148. The number of ether oxygens (including phenoxy) is 3. The molecule has 5 heteroatoms. The molecular weight excluding hydrogens is 400 g/mol. The average Bonchev–Trinajstić information content (AvgIpc) is 2.85. The Balaban J connectivity index is 1.40. The first-order valence-electron chi connectivity index (χ1n) is 10.4. The molecule has 0 heterocycles. The Labute approximate surface area is 188 Å². The van der Waals surface area contributed by atoms with E-state index in [1.807, 2.05) is 54.6 Å². The molecule has 4 aromatic carbocycles. The van der Waals surface area contributed by atoms with E-state index in [0.717, 1.165) is 22.4 Å². The van der Waals surface area contributed by atoms with Crippen LogP contribution in [-0.2, 0) is 13.2 Å². The number of hydrogen-bond acceptors (Lipinski definition) is 5. The van der Waals surface area contributed by atoms with Crippen LogP contribution in [-0.4, -0.2) is 20.4 Å². The first kappa shape index (κ1) is 21.2. The summed E-state index contributed by atoms with van der Waals surface area (Å²) >= 11 is 0. The third kappa shape index (κ3) is 5.01. The lowest BCUT2D eigenvalue weighted by Gasteiger charge is -2.13. The van der Waals surface area contributed by atoms with Gasteiger partial charge in [-0.1, -0.05) is 60.7 Å². The third-order valence-corrected chi connectivity index (χ3v) is 5.22. The van der Waals surface area contributed by atoms with Gasteiger partial charge in [0.2, 0.25) is 0 Å². The number of methoxy groups -OCH3 is 2. The molecule has 0 fully saturated rings. The third-order valence-electron chi connectivity index (χ3n) is 5.22. The molecule has 0 bridgehead atoms. The summed E-state index contributed by atoms with van der Waals surface area (Å²) in [6.07, 6.45) is 1.76. The van der Waals surface area contributed by atoms with Crippen molar-refractivity contribution in [3.8, 4) is 17.2 Å². The second kappa shape index (κ2) is 10.4. The highest BCUT2D eigenvalue weighted by atomic mass is 16.5. The molecule has 0 aliphatic rings. The maximum Gasteiger partial charge on any atom is 0.161 e. The van der Waals surface area contributed by atoms with Crippen molar-refractivity contribution in [1.29, 1.82) is 0 Å². The number of rotatable bonds is 9. The molecule has 0 aliphatic heterocycles. The number of hydrazone groups is 1. The molecule has 0 amide bonds. The summed E-state index contributed by atoms with van der Waals surface area (Å²) in [6, 6.07) is 28.2. The molecule has 0 radical (unpaired) electrons. The van der Waals surface area contributed by atoms with Gasteiger partial charge in [0, 0.05) is 5.56 Å². The first-order chi connectivity index (χ1) is 15.8. The van der Waals surface area contributed by atoms with Crippen LogP contribution >= 0.6 is 0 Å². The SMILES string of the molecule is COc1ccccc1CN/N=C/c1ccc(OCc2cccc3ccccc23)c(OC)c1. The van der Waals surface area contributed by atoms with E-state index in [2.05, 4.69) is 40.9 Å². The first-order valence-corrected chi connectivity index (χ1v) is 10.4.